The third-order valence-corrected chi connectivity index (χ3v) is 6.18. The summed E-state index contributed by atoms with van der Waals surface area (Å²) in [5.74, 6) is 0.418. The molecule has 0 radical (unpaired) electrons. The molecule has 0 unspecified atom stereocenters. The Kier molecular flexibility index (Phi) is 6.83. The van der Waals surface area contributed by atoms with Crippen LogP contribution in [0, 0.1) is 10.1 Å². The maximum atomic E-state index is 12.6. The van der Waals surface area contributed by atoms with E-state index in [-0.39, 0.29) is 17.3 Å². The zero-order valence-electron chi connectivity index (χ0n) is 16.6. The number of nitro groups is 1. The molecule has 0 N–H and O–H groups in total. The number of amides is 1. The molecule has 32 heavy (non-hydrogen) atoms. The van der Waals surface area contributed by atoms with E-state index in [9.17, 15) is 14.9 Å². The molecule has 0 spiro atoms. The summed E-state index contributed by atoms with van der Waals surface area (Å²) in [6.45, 7) is 1.88. The van der Waals surface area contributed by atoms with Crippen LogP contribution in [0.5, 0.6) is 0 Å². The molecule has 1 aromatic heterocycles. The Bertz CT molecular complexity index is 1150. The van der Waals surface area contributed by atoms with Crippen LogP contribution in [0.25, 0.3) is 11.5 Å². The largest absolute Gasteiger partial charge is 0.411 e. The molecule has 0 saturated carbocycles. The van der Waals surface area contributed by atoms with Gasteiger partial charge in [0.25, 0.3) is 10.9 Å². The van der Waals surface area contributed by atoms with E-state index >= 15 is 0 Å². The second-order valence-corrected chi connectivity index (χ2v) is 8.73. The first kappa shape index (κ1) is 22.4. The first-order valence-corrected chi connectivity index (χ1v) is 11.3. The van der Waals surface area contributed by atoms with E-state index in [0.29, 0.717) is 58.6 Å². The van der Waals surface area contributed by atoms with Gasteiger partial charge in [-0.2, -0.15) is 0 Å². The Morgan fingerprint density at radius 1 is 1.09 bits per heavy atom. The lowest BCUT2D eigenvalue weighted by molar-refractivity contribution is -0.384. The van der Waals surface area contributed by atoms with Crippen molar-refractivity contribution in [1.29, 1.82) is 0 Å². The number of piperazine rings is 1. The molecular weight excluding hydrogens is 477 g/mol. The Morgan fingerprint density at radius 3 is 2.56 bits per heavy atom. The summed E-state index contributed by atoms with van der Waals surface area (Å²) in [6.07, 6.45) is 0. The van der Waals surface area contributed by atoms with Gasteiger partial charge in [0.05, 0.1) is 10.7 Å². The first-order valence-electron chi connectivity index (χ1n) is 9.59. The minimum Gasteiger partial charge on any atom is -0.411 e. The van der Waals surface area contributed by atoms with Crippen molar-refractivity contribution in [3.05, 3.63) is 62.6 Å². The van der Waals surface area contributed by atoms with Crippen LogP contribution in [0.4, 0.5) is 11.4 Å². The van der Waals surface area contributed by atoms with Gasteiger partial charge in [0.15, 0.2) is 0 Å². The molecule has 3 aromatic rings. The number of carbonyl (C=O) groups excluding carboxylic acids is 1. The van der Waals surface area contributed by atoms with Gasteiger partial charge in [-0.05, 0) is 30.3 Å². The Balaban J connectivity index is 1.32. The van der Waals surface area contributed by atoms with Gasteiger partial charge in [0, 0.05) is 47.9 Å². The van der Waals surface area contributed by atoms with E-state index in [2.05, 4.69) is 10.2 Å². The van der Waals surface area contributed by atoms with Crippen LogP contribution < -0.4 is 4.90 Å². The molecule has 1 aliphatic heterocycles. The molecule has 1 aliphatic rings. The number of rotatable bonds is 6. The van der Waals surface area contributed by atoms with E-state index in [1.165, 1.54) is 6.07 Å². The fraction of sp³-hybridized carbons (Fsp3) is 0.250. The molecule has 1 fully saturated rings. The average molecular weight is 494 g/mol. The number of nitro benzene ring substituents is 1. The number of carbonyl (C=O) groups is 1. The lowest BCUT2D eigenvalue weighted by Gasteiger charge is -2.35. The molecule has 0 atom stereocenters. The zero-order valence-corrected chi connectivity index (χ0v) is 18.9. The number of hydrogen-bond donors (Lipinski definition) is 0. The van der Waals surface area contributed by atoms with Crippen molar-refractivity contribution in [2.45, 2.75) is 5.22 Å². The molecule has 12 heteroatoms. The van der Waals surface area contributed by atoms with E-state index in [1.807, 2.05) is 11.0 Å². The maximum absolute atomic E-state index is 12.6. The van der Waals surface area contributed by atoms with Crippen LogP contribution in [-0.4, -0.2) is 57.9 Å². The quantitative estimate of drug-likeness (QED) is 0.282. The van der Waals surface area contributed by atoms with Gasteiger partial charge in [-0.3, -0.25) is 14.9 Å². The minimum atomic E-state index is -0.447. The van der Waals surface area contributed by atoms with Crippen molar-refractivity contribution >= 4 is 52.2 Å². The van der Waals surface area contributed by atoms with Crippen molar-refractivity contribution < 1.29 is 14.1 Å². The molecule has 2 aromatic carbocycles. The van der Waals surface area contributed by atoms with Crippen LogP contribution in [0.3, 0.4) is 0 Å². The Labute approximate surface area is 197 Å². The monoisotopic (exact) mass is 493 g/mol. The van der Waals surface area contributed by atoms with Gasteiger partial charge in [0.2, 0.25) is 11.8 Å². The van der Waals surface area contributed by atoms with E-state index in [4.69, 9.17) is 27.6 Å². The van der Waals surface area contributed by atoms with Gasteiger partial charge >= 0.3 is 0 Å². The van der Waals surface area contributed by atoms with Crippen molar-refractivity contribution in [3.8, 4) is 11.5 Å². The van der Waals surface area contributed by atoms with E-state index in [1.54, 1.807) is 35.2 Å². The highest BCUT2D eigenvalue weighted by Gasteiger charge is 2.26. The highest BCUT2D eigenvalue weighted by molar-refractivity contribution is 7.99. The molecule has 1 saturated heterocycles. The number of aromatic nitrogens is 2. The van der Waals surface area contributed by atoms with E-state index < -0.39 is 4.92 Å². The molecule has 4 rings (SSSR count). The van der Waals surface area contributed by atoms with Crippen LogP contribution in [-0.2, 0) is 4.79 Å². The number of thioether (sulfide) groups is 1. The summed E-state index contributed by atoms with van der Waals surface area (Å²) in [7, 11) is 0. The van der Waals surface area contributed by atoms with E-state index in [0.717, 1.165) is 11.8 Å². The fourth-order valence-corrected chi connectivity index (χ4v) is 4.35. The van der Waals surface area contributed by atoms with Crippen molar-refractivity contribution in [1.82, 2.24) is 15.1 Å². The molecule has 166 valence electrons. The van der Waals surface area contributed by atoms with Crippen LogP contribution in [0.1, 0.15) is 0 Å². The minimum absolute atomic E-state index is 0.0419. The summed E-state index contributed by atoms with van der Waals surface area (Å²) in [5.41, 5.74) is 1.16. The van der Waals surface area contributed by atoms with Gasteiger partial charge in [-0.1, -0.05) is 41.0 Å². The normalized spacial score (nSPS) is 13.9. The van der Waals surface area contributed by atoms with Gasteiger partial charge in [-0.15, -0.1) is 10.2 Å². The predicted octanol–water partition coefficient (Wildman–Crippen LogP) is 4.39. The summed E-state index contributed by atoms with van der Waals surface area (Å²) in [4.78, 5) is 27.1. The highest BCUT2D eigenvalue weighted by atomic mass is 35.5. The smallest absolute Gasteiger partial charge is 0.294 e. The van der Waals surface area contributed by atoms with Crippen molar-refractivity contribution in [2.75, 3.05) is 36.8 Å². The number of nitrogens with zero attached hydrogens (tertiary/aromatic N) is 5. The topological polar surface area (TPSA) is 106 Å². The van der Waals surface area contributed by atoms with Crippen LogP contribution in [0.15, 0.2) is 52.1 Å². The summed E-state index contributed by atoms with van der Waals surface area (Å²) >= 11 is 13.0. The first-order chi connectivity index (χ1) is 15.4. The molecular formula is C20H17Cl2N5O4S. The molecule has 2 heterocycles. The number of benzene rings is 2. The predicted molar refractivity (Wildman–Crippen MR) is 122 cm³/mol. The van der Waals surface area contributed by atoms with Crippen molar-refractivity contribution in [3.63, 3.8) is 0 Å². The number of halogens is 2. The van der Waals surface area contributed by atoms with Crippen LogP contribution >= 0.6 is 35.0 Å². The second-order valence-electron chi connectivity index (χ2n) is 6.93. The number of anilines is 1. The van der Waals surface area contributed by atoms with Gasteiger partial charge < -0.3 is 14.2 Å². The van der Waals surface area contributed by atoms with Crippen LogP contribution in [0.2, 0.25) is 10.0 Å². The molecule has 0 bridgehead atoms. The fourth-order valence-electron chi connectivity index (χ4n) is 3.33. The third-order valence-electron chi connectivity index (χ3n) is 4.90. The maximum Gasteiger partial charge on any atom is 0.294 e. The molecule has 0 aliphatic carbocycles. The third kappa shape index (κ3) is 5.14. The Morgan fingerprint density at radius 2 is 1.84 bits per heavy atom. The standard InChI is InChI=1S/C20H17Cl2N5O4S/c21-14-3-1-2-13(10-14)19-23-24-20(31-19)32-12-18(28)26-8-6-25(7-9-26)16-5-4-15(22)11-17(16)27(29)30/h1-5,10-11H,6-9,12H2. The Hall–Kier alpha value is -2.82. The van der Waals surface area contributed by atoms with Gasteiger partial charge in [0.1, 0.15) is 5.69 Å². The zero-order chi connectivity index (χ0) is 22.7. The van der Waals surface area contributed by atoms with Gasteiger partial charge in [-0.25, -0.2) is 0 Å². The number of hydrogen-bond acceptors (Lipinski definition) is 8. The SMILES string of the molecule is O=C(CSc1nnc(-c2cccc(Cl)c2)o1)N1CCN(c2ccc(Cl)cc2[N+](=O)[O-])CC1. The summed E-state index contributed by atoms with van der Waals surface area (Å²) in [6, 6.07) is 11.7. The molecule has 9 nitrogen and oxygen atoms in total. The lowest BCUT2D eigenvalue weighted by atomic mass is 10.2. The summed E-state index contributed by atoms with van der Waals surface area (Å²) in [5, 5.41) is 20.5. The highest BCUT2D eigenvalue weighted by Crippen LogP contribution is 2.32. The second kappa shape index (κ2) is 9.76. The lowest BCUT2D eigenvalue weighted by Crippen LogP contribution is -2.49. The average Bonchev–Trinajstić information content (AvgIpc) is 3.27. The summed E-state index contributed by atoms with van der Waals surface area (Å²) < 4.78 is 5.61. The van der Waals surface area contributed by atoms with Crippen molar-refractivity contribution in [2.24, 2.45) is 0 Å². The molecule has 1 amide bonds.